The Morgan fingerprint density at radius 2 is 1.89 bits per heavy atom. The molecule has 3 heterocycles. The third kappa shape index (κ3) is 3.87. The van der Waals surface area contributed by atoms with Gasteiger partial charge >= 0.3 is 0 Å². The van der Waals surface area contributed by atoms with E-state index in [9.17, 15) is 15.0 Å². The van der Waals surface area contributed by atoms with Crippen LogP contribution in [0.25, 0.3) is 11.3 Å². The van der Waals surface area contributed by atoms with Gasteiger partial charge in [-0.3, -0.25) is 14.7 Å². The molecule has 4 rings (SSSR count). The van der Waals surface area contributed by atoms with Crippen molar-refractivity contribution in [3.8, 4) is 17.0 Å². The molecule has 1 aromatic heterocycles. The van der Waals surface area contributed by atoms with Crippen molar-refractivity contribution in [3.05, 3.63) is 48.2 Å². The van der Waals surface area contributed by atoms with Gasteiger partial charge in [-0.25, -0.2) is 0 Å². The molecule has 0 aliphatic carbocycles. The summed E-state index contributed by atoms with van der Waals surface area (Å²) in [6.07, 6.45) is 0.871. The molecule has 1 aromatic carbocycles. The van der Waals surface area contributed by atoms with Gasteiger partial charge in [-0.1, -0.05) is 12.1 Å². The first-order valence-corrected chi connectivity index (χ1v) is 9.66. The Hall–Kier alpha value is -2.48. The molecule has 7 heteroatoms. The lowest BCUT2D eigenvalue weighted by molar-refractivity contribution is 0.0512. The summed E-state index contributed by atoms with van der Waals surface area (Å²) in [5.41, 5.74) is 2.10. The molecule has 2 saturated heterocycles. The molecule has 2 atom stereocenters. The molecule has 1 amide bonds. The van der Waals surface area contributed by atoms with Crippen LogP contribution in [0.5, 0.6) is 5.75 Å². The number of aliphatic hydroxyl groups excluding tert-OH is 1. The summed E-state index contributed by atoms with van der Waals surface area (Å²) in [5, 5.41) is 20.0. The van der Waals surface area contributed by atoms with Gasteiger partial charge in [0.1, 0.15) is 5.75 Å². The van der Waals surface area contributed by atoms with Gasteiger partial charge in [0.25, 0.3) is 5.91 Å². The zero-order valence-electron chi connectivity index (χ0n) is 16.0. The van der Waals surface area contributed by atoms with Gasteiger partial charge in [0.05, 0.1) is 24.0 Å². The average Bonchev–Trinajstić information content (AvgIpc) is 3.10. The van der Waals surface area contributed by atoms with Crippen molar-refractivity contribution < 1.29 is 15.0 Å². The van der Waals surface area contributed by atoms with E-state index in [0.717, 1.165) is 31.7 Å². The summed E-state index contributed by atoms with van der Waals surface area (Å²) in [6, 6.07) is 10.6. The number of aromatic hydroxyl groups is 1. The number of likely N-dealkylation sites (N-methyl/N-ethyl adjacent to an activating group) is 1. The van der Waals surface area contributed by atoms with E-state index in [1.807, 2.05) is 18.2 Å². The number of piperazine rings is 1. The molecule has 7 nitrogen and oxygen atoms in total. The van der Waals surface area contributed by atoms with Gasteiger partial charge in [-0.05, 0) is 31.3 Å². The predicted molar refractivity (Wildman–Crippen MR) is 106 cm³/mol. The largest absolute Gasteiger partial charge is 0.506 e. The number of hydrogen-bond donors (Lipinski definition) is 2. The number of carbonyl (C=O) groups excluding carboxylic acids is 1. The standard InChI is InChI=1S/C21H26N4O3/c1-23-7-9-24(10-8-23)19-13-25(14-20(19)27)21(28)16-4-2-3-15(11-16)18-6-5-17(26)12-22-18/h2-6,11-12,19-20,26-27H,7-10,13-14H2,1H3/t19-,20-/m0/s1. The van der Waals surface area contributed by atoms with Crippen LogP contribution in [-0.2, 0) is 0 Å². The second-order valence-corrected chi connectivity index (χ2v) is 7.67. The highest BCUT2D eigenvalue weighted by Crippen LogP contribution is 2.23. The summed E-state index contributed by atoms with van der Waals surface area (Å²) in [6.45, 7) is 4.71. The van der Waals surface area contributed by atoms with E-state index in [1.54, 1.807) is 23.1 Å². The second kappa shape index (κ2) is 7.87. The fourth-order valence-corrected chi connectivity index (χ4v) is 4.00. The van der Waals surface area contributed by atoms with Crippen LogP contribution in [0.15, 0.2) is 42.6 Å². The Kier molecular flexibility index (Phi) is 5.30. The van der Waals surface area contributed by atoms with E-state index in [-0.39, 0.29) is 17.7 Å². The third-order valence-corrected chi connectivity index (χ3v) is 5.71. The van der Waals surface area contributed by atoms with Crippen LogP contribution >= 0.6 is 0 Å². The number of likely N-dealkylation sites (tertiary alicyclic amines) is 1. The number of amides is 1. The Bertz CT molecular complexity index is 834. The summed E-state index contributed by atoms with van der Waals surface area (Å²) in [7, 11) is 2.11. The predicted octanol–water partition coefficient (Wildman–Crippen LogP) is 0.887. The minimum Gasteiger partial charge on any atom is -0.506 e. The molecule has 0 bridgehead atoms. The van der Waals surface area contributed by atoms with Crippen molar-refractivity contribution in [2.24, 2.45) is 0 Å². The molecule has 2 aromatic rings. The third-order valence-electron chi connectivity index (χ3n) is 5.71. The van der Waals surface area contributed by atoms with Crippen LogP contribution in [0.1, 0.15) is 10.4 Å². The maximum atomic E-state index is 13.0. The summed E-state index contributed by atoms with van der Waals surface area (Å²) in [4.78, 5) is 23.6. The highest BCUT2D eigenvalue weighted by Gasteiger charge is 2.38. The number of nitrogens with zero attached hydrogens (tertiary/aromatic N) is 4. The molecule has 148 valence electrons. The van der Waals surface area contributed by atoms with E-state index in [4.69, 9.17) is 0 Å². The summed E-state index contributed by atoms with van der Waals surface area (Å²) >= 11 is 0. The number of benzene rings is 1. The number of carbonyl (C=O) groups is 1. The Balaban J connectivity index is 1.47. The molecule has 2 aliphatic rings. The molecular weight excluding hydrogens is 356 g/mol. The topological polar surface area (TPSA) is 80.1 Å². The monoisotopic (exact) mass is 382 g/mol. The SMILES string of the molecule is CN1CCN([C@H]2CN(C(=O)c3cccc(-c4ccc(O)cn4)c3)C[C@@H]2O)CC1. The lowest BCUT2D eigenvalue weighted by Crippen LogP contribution is -2.52. The van der Waals surface area contributed by atoms with Crippen molar-refractivity contribution in [3.63, 3.8) is 0 Å². The van der Waals surface area contributed by atoms with Crippen LogP contribution < -0.4 is 0 Å². The average molecular weight is 382 g/mol. The molecule has 0 saturated carbocycles. The van der Waals surface area contributed by atoms with Crippen LogP contribution in [0.3, 0.4) is 0 Å². The fourth-order valence-electron chi connectivity index (χ4n) is 4.00. The number of aromatic nitrogens is 1. The van der Waals surface area contributed by atoms with Gasteiger partial charge in [-0.15, -0.1) is 0 Å². The maximum absolute atomic E-state index is 13.0. The minimum absolute atomic E-state index is 0.000372. The van der Waals surface area contributed by atoms with E-state index in [0.29, 0.717) is 24.3 Å². The number of pyridine rings is 1. The van der Waals surface area contributed by atoms with Crippen molar-refractivity contribution in [2.45, 2.75) is 12.1 Å². The molecule has 2 fully saturated rings. The van der Waals surface area contributed by atoms with E-state index >= 15 is 0 Å². The van der Waals surface area contributed by atoms with E-state index in [1.165, 1.54) is 6.20 Å². The van der Waals surface area contributed by atoms with Crippen molar-refractivity contribution in [1.82, 2.24) is 19.7 Å². The molecular formula is C21H26N4O3. The quantitative estimate of drug-likeness (QED) is 0.821. The highest BCUT2D eigenvalue weighted by molar-refractivity contribution is 5.95. The normalized spacial score (nSPS) is 23.9. The first kappa shape index (κ1) is 18.9. The number of rotatable bonds is 3. The van der Waals surface area contributed by atoms with E-state index in [2.05, 4.69) is 21.8 Å². The van der Waals surface area contributed by atoms with Gasteiger partial charge in [0.2, 0.25) is 0 Å². The number of β-amino-alcohol motifs (C(OH)–C–C–N with tert-alkyl or cyclic N) is 1. The molecule has 0 unspecified atom stereocenters. The van der Waals surface area contributed by atoms with Gasteiger partial charge in [0, 0.05) is 50.4 Å². The number of aliphatic hydroxyl groups is 1. The van der Waals surface area contributed by atoms with Crippen molar-refractivity contribution in [1.29, 1.82) is 0 Å². The van der Waals surface area contributed by atoms with Gasteiger partial charge < -0.3 is 20.0 Å². The smallest absolute Gasteiger partial charge is 0.254 e. The van der Waals surface area contributed by atoms with Crippen LogP contribution in [0.4, 0.5) is 0 Å². The highest BCUT2D eigenvalue weighted by atomic mass is 16.3. The molecule has 28 heavy (non-hydrogen) atoms. The van der Waals surface area contributed by atoms with Gasteiger partial charge in [-0.2, -0.15) is 0 Å². The number of hydrogen-bond acceptors (Lipinski definition) is 6. The molecule has 2 N–H and O–H groups in total. The first-order chi connectivity index (χ1) is 13.5. The zero-order valence-corrected chi connectivity index (χ0v) is 16.0. The van der Waals surface area contributed by atoms with Crippen LogP contribution in [0.2, 0.25) is 0 Å². The zero-order chi connectivity index (χ0) is 19.7. The van der Waals surface area contributed by atoms with Crippen LogP contribution in [0, 0.1) is 0 Å². The van der Waals surface area contributed by atoms with Gasteiger partial charge in [0.15, 0.2) is 0 Å². The lowest BCUT2D eigenvalue weighted by Gasteiger charge is -2.37. The Labute approximate surface area is 164 Å². The summed E-state index contributed by atoms with van der Waals surface area (Å²) < 4.78 is 0. The maximum Gasteiger partial charge on any atom is 0.254 e. The second-order valence-electron chi connectivity index (χ2n) is 7.67. The molecule has 0 radical (unpaired) electrons. The van der Waals surface area contributed by atoms with Crippen molar-refractivity contribution >= 4 is 5.91 Å². The van der Waals surface area contributed by atoms with Crippen molar-refractivity contribution in [2.75, 3.05) is 46.3 Å². The Morgan fingerprint density at radius 1 is 1.11 bits per heavy atom. The van der Waals surface area contributed by atoms with Crippen LogP contribution in [-0.4, -0.2) is 94.3 Å². The molecule has 2 aliphatic heterocycles. The lowest BCUT2D eigenvalue weighted by atomic mass is 10.1. The summed E-state index contributed by atoms with van der Waals surface area (Å²) in [5.74, 6) is 0.0355. The molecule has 0 spiro atoms. The minimum atomic E-state index is -0.519. The Morgan fingerprint density at radius 3 is 2.61 bits per heavy atom. The first-order valence-electron chi connectivity index (χ1n) is 9.66. The van der Waals surface area contributed by atoms with E-state index < -0.39 is 6.10 Å². The fraction of sp³-hybridized carbons (Fsp3) is 0.429.